The molecule has 0 saturated carbocycles. The van der Waals surface area contributed by atoms with Crippen LogP contribution in [0.25, 0.3) is 0 Å². The first-order valence-electron chi connectivity index (χ1n) is 6.17. The third-order valence-corrected chi connectivity index (χ3v) is 5.47. The first-order valence-corrected chi connectivity index (χ1v) is 7.58. The molecule has 0 spiro atoms. The van der Waals surface area contributed by atoms with Crippen LogP contribution in [0.15, 0.2) is 0 Å². The van der Waals surface area contributed by atoms with E-state index in [0.29, 0.717) is 6.42 Å². The number of hydrogen-bond acceptors (Lipinski definition) is 2. The molecule has 0 unspecified atom stereocenters. The molecule has 0 heterocycles. The second-order valence-electron chi connectivity index (χ2n) is 6.41. The smallest absolute Gasteiger partial charge is 0.295 e. The van der Waals surface area contributed by atoms with E-state index in [1.807, 2.05) is 0 Å². The van der Waals surface area contributed by atoms with Crippen LogP contribution in [0.5, 0.6) is 0 Å². The van der Waals surface area contributed by atoms with E-state index >= 15 is 0 Å². The Balaban J connectivity index is 4.52. The number of unbranched alkanes of at least 4 members (excludes halogenated alkanes) is 1. The number of carbonyl (C=O) groups excluding carboxylic acids is 1. The van der Waals surface area contributed by atoms with E-state index in [0.717, 1.165) is 12.8 Å². The van der Waals surface area contributed by atoms with Crippen molar-refractivity contribution in [1.82, 2.24) is 0 Å². The van der Waals surface area contributed by atoms with Crippen molar-refractivity contribution in [3.05, 3.63) is 0 Å². The molecule has 0 fully saturated rings. The van der Waals surface area contributed by atoms with Gasteiger partial charge < -0.3 is 4.43 Å². The summed E-state index contributed by atoms with van der Waals surface area (Å²) in [6, 6.07) is 0. The lowest BCUT2D eigenvalue weighted by molar-refractivity contribution is -0.135. The van der Waals surface area contributed by atoms with Crippen molar-refractivity contribution in [3.63, 3.8) is 0 Å². The number of hydrogen-bond donors (Lipinski definition) is 0. The van der Waals surface area contributed by atoms with Gasteiger partial charge >= 0.3 is 0 Å². The molecule has 2 nitrogen and oxygen atoms in total. The summed E-state index contributed by atoms with van der Waals surface area (Å²) in [6.07, 6.45) is 2.54. The fraction of sp³-hybridized carbons (Fsp3) is 0.923. The minimum Gasteiger partial charge on any atom is -0.516 e. The Morgan fingerprint density at radius 1 is 1.06 bits per heavy atom. The maximum absolute atomic E-state index is 11.7. The van der Waals surface area contributed by atoms with Gasteiger partial charge in [0.2, 0.25) is 0 Å². The molecule has 16 heavy (non-hydrogen) atoms. The molecule has 0 bridgehead atoms. The average molecular weight is 243 g/mol. The third-order valence-electron chi connectivity index (χ3n) is 2.31. The van der Waals surface area contributed by atoms with E-state index in [2.05, 4.69) is 48.5 Å². The van der Waals surface area contributed by atoms with Crippen LogP contribution in [0.4, 0.5) is 0 Å². The number of carbonyl (C=O) groups is 1. The van der Waals surface area contributed by atoms with Crippen molar-refractivity contribution >= 4 is 15.0 Å². The van der Waals surface area contributed by atoms with Gasteiger partial charge in [-0.3, -0.25) is 4.79 Å². The highest BCUT2D eigenvalue weighted by Gasteiger charge is 2.42. The highest BCUT2D eigenvalue weighted by atomic mass is 28.3. The Morgan fingerprint density at radius 3 is 1.81 bits per heavy atom. The fourth-order valence-electron chi connectivity index (χ4n) is 1.92. The quantitative estimate of drug-likeness (QED) is 0.688. The van der Waals surface area contributed by atoms with E-state index in [-0.39, 0.29) is 16.0 Å². The summed E-state index contributed by atoms with van der Waals surface area (Å²) in [6.45, 7) is 15.1. The molecule has 0 rings (SSSR count). The maximum Gasteiger partial charge on any atom is 0.295 e. The minimum atomic E-state index is -1.15. The van der Waals surface area contributed by atoms with E-state index in [4.69, 9.17) is 4.43 Å². The Bertz CT molecular complexity index is 209. The van der Waals surface area contributed by atoms with Crippen molar-refractivity contribution in [1.29, 1.82) is 0 Å². The van der Waals surface area contributed by atoms with Crippen LogP contribution in [-0.4, -0.2) is 15.0 Å². The van der Waals surface area contributed by atoms with Gasteiger partial charge in [-0.25, -0.2) is 0 Å². The highest BCUT2D eigenvalue weighted by Crippen LogP contribution is 2.42. The predicted molar refractivity (Wildman–Crippen MR) is 70.8 cm³/mol. The summed E-state index contributed by atoms with van der Waals surface area (Å²) < 4.78 is 5.74. The summed E-state index contributed by atoms with van der Waals surface area (Å²) in [4.78, 5) is 11.7. The lowest BCUT2D eigenvalue weighted by Crippen LogP contribution is -2.40. The van der Waals surface area contributed by atoms with E-state index in [9.17, 15) is 4.79 Å². The van der Waals surface area contributed by atoms with Crippen LogP contribution >= 0.6 is 0 Å². The van der Waals surface area contributed by atoms with Gasteiger partial charge in [0.25, 0.3) is 15.0 Å². The maximum atomic E-state index is 11.7. The largest absolute Gasteiger partial charge is 0.516 e. The molecule has 0 atom stereocenters. The number of rotatable bonds is 4. The van der Waals surface area contributed by atoms with Crippen LogP contribution in [-0.2, 0) is 9.22 Å². The van der Waals surface area contributed by atoms with Crippen molar-refractivity contribution in [2.45, 2.75) is 77.8 Å². The summed E-state index contributed by atoms with van der Waals surface area (Å²) in [5, 5.41) is 0.176. The van der Waals surface area contributed by atoms with Crippen LogP contribution in [0.3, 0.4) is 0 Å². The van der Waals surface area contributed by atoms with E-state index < -0.39 is 9.04 Å². The third kappa shape index (κ3) is 5.68. The van der Waals surface area contributed by atoms with Crippen molar-refractivity contribution < 1.29 is 9.22 Å². The van der Waals surface area contributed by atoms with Gasteiger partial charge in [-0.2, -0.15) is 0 Å². The minimum absolute atomic E-state index is 0.0133. The first-order chi connectivity index (χ1) is 7.09. The summed E-state index contributed by atoms with van der Waals surface area (Å²) in [5.41, 5.74) is 0. The molecule has 0 aliphatic carbocycles. The highest BCUT2D eigenvalue weighted by molar-refractivity contribution is 6.60. The standard InChI is InChI=1S/C13H27O2Si/c1-8-9-10-11(14)15-16(12(2,3)4)13(5,6)7/h8-10H2,1-7H3. The molecular weight excluding hydrogens is 216 g/mol. The van der Waals surface area contributed by atoms with Gasteiger partial charge in [-0.1, -0.05) is 54.9 Å². The molecule has 0 aromatic rings. The molecule has 0 aliphatic rings. The molecule has 0 aliphatic heterocycles. The lowest BCUT2D eigenvalue weighted by atomic mass is 10.2. The first kappa shape index (κ1) is 15.7. The van der Waals surface area contributed by atoms with Crippen molar-refractivity contribution in [3.8, 4) is 0 Å². The van der Waals surface area contributed by atoms with Gasteiger partial charge in [-0.15, -0.1) is 0 Å². The van der Waals surface area contributed by atoms with Gasteiger partial charge in [0.15, 0.2) is 0 Å². The zero-order chi connectivity index (χ0) is 13.0. The molecule has 0 aromatic heterocycles. The van der Waals surface area contributed by atoms with Gasteiger partial charge in [0.1, 0.15) is 0 Å². The Kier molecular flexibility index (Phi) is 5.74. The topological polar surface area (TPSA) is 26.3 Å². The Morgan fingerprint density at radius 2 is 1.50 bits per heavy atom. The second-order valence-corrected chi connectivity index (χ2v) is 10.3. The van der Waals surface area contributed by atoms with Crippen molar-refractivity contribution in [2.75, 3.05) is 0 Å². The monoisotopic (exact) mass is 243 g/mol. The molecule has 0 amide bonds. The van der Waals surface area contributed by atoms with Crippen LogP contribution in [0, 0.1) is 0 Å². The molecule has 95 valence electrons. The Labute approximate surface area is 102 Å². The lowest BCUT2D eigenvalue weighted by Gasteiger charge is -2.36. The van der Waals surface area contributed by atoms with Gasteiger partial charge in [-0.05, 0) is 16.5 Å². The molecule has 0 N–H and O–H groups in total. The van der Waals surface area contributed by atoms with E-state index in [1.54, 1.807) is 0 Å². The van der Waals surface area contributed by atoms with Crippen LogP contribution < -0.4 is 0 Å². The van der Waals surface area contributed by atoms with Crippen LogP contribution in [0.1, 0.15) is 67.7 Å². The molecular formula is C13H27O2Si. The van der Waals surface area contributed by atoms with Crippen molar-refractivity contribution in [2.24, 2.45) is 0 Å². The summed E-state index contributed by atoms with van der Waals surface area (Å²) in [5.74, 6) is -0.0133. The SMILES string of the molecule is CCCCC(=O)O[Si](C(C)(C)C)C(C)(C)C. The normalized spacial score (nSPS) is 13.0. The summed E-state index contributed by atoms with van der Waals surface area (Å²) >= 11 is 0. The zero-order valence-electron chi connectivity index (χ0n) is 11.9. The predicted octanol–water partition coefficient (Wildman–Crippen LogP) is 4.31. The molecule has 3 heteroatoms. The van der Waals surface area contributed by atoms with Gasteiger partial charge in [0, 0.05) is 6.42 Å². The Hall–Kier alpha value is -0.313. The molecule has 0 aromatic carbocycles. The van der Waals surface area contributed by atoms with Crippen LogP contribution in [0.2, 0.25) is 10.1 Å². The van der Waals surface area contributed by atoms with Gasteiger partial charge in [0.05, 0.1) is 0 Å². The fourth-order valence-corrected chi connectivity index (χ4v) is 5.11. The average Bonchev–Trinajstić information content (AvgIpc) is 2.07. The van der Waals surface area contributed by atoms with E-state index in [1.165, 1.54) is 0 Å². The zero-order valence-corrected chi connectivity index (χ0v) is 12.9. The molecule has 0 saturated heterocycles. The molecule has 1 radical (unpaired) electrons. The second kappa shape index (κ2) is 5.85. The summed E-state index contributed by atoms with van der Waals surface area (Å²) in [7, 11) is -1.15.